The Balaban J connectivity index is 0.000000360. The zero-order valence-corrected chi connectivity index (χ0v) is 6.84. The molecule has 1 nitrogen and oxygen atoms in total. The van der Waals surface area contributed by atoms with E-state index >= 15 is 0 Å². The summed E-state index contributed by atoms with van der Waals surface area (Å²) in [5, 5.41) is 3.28. The molecule has 0 aromatic carbocycles. The van der Waals surface area contributed by atoms with Gasteiger partial charge >= 0.3 is 49.4 Å². The monoisotopic (exact) mass is 238 g/mol. The van der Waals surface area contributed by atoms with Crippen LogP contribution in [-0.4, -0.2) is 13.1 Å². The van der Waals surface area contributed by atoms with E-state index in [2.05, 4.69) is 5.32 Å². The van der Waals surface area contributed by atoms with Crippen LogP contribution < -0.4 is 5.32 Å². The van der Waals surface area contributed by atoms with Gasteiger partial charge in [-0.25, -0.2) is 0 Å². The van der Waals surface area contributed by atoms with Crippen LogP contribution in [0.2, 0.25) is 0 Å². The zero-order chi connectivity index (χ0) is 4.24. The predicted octanol–water partition coefficient (Wildman–Crippen LogP) is 0.760. The van der Waals surface area contributed by atoms with Gasteiger partial charge in [-0.1, -0.05) is 6.42 Å². The maximum Gasteiger partial charge on any atom is 3.00 e. The van der Waals surface area contributed by atoms with Gasteiger partial charge in [0.25, 0.3) is 0 Å². The molecule has 0 bridgehead atoms. The maximum absolute atomic E-state index is 3.28. The molecule has 1 aliphatic heterocycles. The molecular formula is C5H11EuN+3. The van der Waals surface area contributed by atoms with E-state index in [0.29, 0.717) is 0 Å². The standard InChI is InChI=1S/C5H11N.Eu/c1-2-4-6-5-3-1;/h6H,1-5H2;/q;+3. The van der Waals surface area contributed by atoms with Gasteiger partial charge in [0.15, 0.2) is 0 Å². The molecule has 0 aromatic rings. The van der Waals surface area contributed by atoms with E-state index in [1.54, 1.807) is 0 Å². The molecule has 0 atom stereocenters. The van der Waals surface area contributed by atoms with Crippen molar-refractivity contribution in [1.29, 1.82) is 0 Å². The average Bonchev–Trinajstić information content (AvgIpc) is 1.72. The normalized spacial score (nSPS) is 20.6. The van der Waals surface area contributed by atoms with Crippen molar-refractivity contribution in [3.8, 4) is 0 Å². The van der Waals surface area contributed by atoms with Crippen LogP contribution in [-0.2, 0) is 0 Å². The zero-order valence-electron chi connectivity index (χ0n) is 4.41. The average molecular weight is 237 g/mol. The first-order valence-electron chi connectivity index (χ1n) is 2.71. The predicted molar refractivity (Wildman–Crippen MR) is 26.7 cm³/mol. The first kappa shape index (κ1) is 8.54. The Morgan fingerprint density at radius 1 is 0.857 bits per heavy atom. The second-order valence-corrected chi connectivity index (χ2v) is 1.81. The molecular weight excluding hydrogens is 226 g/mol. The third-order valence-electron chi connectivity index (χ3n) is 1.21. The molecule has 1 N–H and O–H groups in total. The molecule has 0 amide bonds. The fraction of sp³-hybridized carbons (Fsp3) is 1.00. The quantitative estimate of drug-likeness (QED) is 0.655. The fourth-order valence-electron chi connectivity index (χ4n) is 0.802. The van der Waals surface area contributed by atoms with Gasteiger partial charge in [0.2, 0.25) is 0 Å². The van der Waals surface area contributed by atoms with Gasteiger partial charge in [0, 0.05) is 0 Å². The summed E-state index contributed by atoms with van der Waals surface area (Å²) in [6.07, 6.45) is 4.22. The summed E-state index contributed by atoms with van der Waals surface area (Å²) in [7, 11) is 0. The molecule has 1 fully saturated rings. The second-order valence-electron chi connectivity index (χ2n) is 1.81. The summed E-state index contributed by atoms with van der Waals surface area (Å²) in [5.74, 6) is 0. The molecule has 40 valence electrons. The van der Waals surface area contributed by atoms with E-state index < -0.39 is 0 Å². The molecule has 0 aromatic heterocycles. The summed E-state index contributed by atoms with van der Waals surface area (Å²) in [6, 6.07) is 0. The molecule has 1 aliphatic rings. The van der Waals surface area contributed by atoms with Crippen molar-refractivity contribution in [1.82, 2.24) is 5.32 Å². The number of hydrogen-bond acceptors (Lipinski definition) is 1. The van der Waals surface area contributed by atoms with Crippen LogP contribution in [0, 0.1) is 49.4 Å². The van der Waals surface area contributed by atoms with E-state index in [1.807, 2.05) is 0 Å². The van der Waals surface area contributed by atoms with Gasteiger partial charge in [0.05, 0.1) is 0 Å². The molecule has 0 aliphatic carbocycles. The van der Waals surface area contributed by atoms with Crippen LogP contribution in [0.15, 0.2) is 0 Å². The number of piperidine rings is 1. The molecule has 1 heterocycles. The summed E-state index contributed by atoms with van der Waals surface area (Å²) < 4.78 is 0. The Hall–Kier alpha value is 1.54. The Labute approximate surface area is 85.8 Å². The van der Waals surface area contributed by atoms with Crippen LogP contribution in [0.1, 0.15) is 19.3 Å². The summed E-state index contributed by atoms with van der Waals surface area (Å²) in [4.78, 5) is 0. The maximum atomic E-state index is 3.28. The SMILES string of the molecule is C1CCNCC1.[Eu+3]. The Kier molecular flexibility index (Phi) is 6.93. The van der Waals surface area contributed by atoms with Gasteiger partial charge in [-0.15, -0.1) is 0 Å². The van der Waals surface area contributed by atoms with Crippen molar-refractivity contribution in [3.63, 3.8) is 0 Å². The fourth-order valence-corrected chi connectivity index (χ4v) is 0.802. The summed E-state index contributed by atoms with van der Waals surface area (Å²) in [6.45, 7) is 2.50. The topological polar surface area (TPSA) is 12.0 Å². The van der Waals surface area contributed by atoms with E-state index in [1.165, 1.54) is 32.4 Å². The van der Waals surface area contributed by atoms with E-state index in [0.717, 1.165) is 0 Å². The van der Waals surface area contributed by atoms with Crippen molar-refractivity contribution < 1.29 is 49.4 Å². The molecule has 0 spiro atoms. The minimum Gasteiger partial charge on any atom is -0.317 e. The van der Waals surface area contributed by atoms with Crippen molar-refractivity contribution >= 4 is 0 Å². The van der Waals surface area contributed by atoms with Crippen LogP contribution in [0.3, 0.4) is 0 Å². The third-order valence-corrected chi connectivity index (χ3v) is 1.21. The van der Waals surface area contributed by atoms with Gasteiger partial charge in [0.1, 0.15) is 0 Å². The Morgan fingerprint density at radius 3 is 1.57 bits per heavy atom. The molecule has 0 saturated carbocycles. The molecule has 7 heavy (non-hydrogen) atoms. The number of nitrogens with one attached hydrogen (secondary N) is 1. The third kappa shape index (κ3) is 4.07. The Bertz CT molecular complexity index is 23.6. The van der Waals surface area contributed by atoms with Crippen molar-refractivity contribution in [3.05, 3.63) is 0 Å². The van der Waals surface area contributed by atoms with Gasteiger partial charge < -0.3 is 5.32 Å². The van der Waals surface area contributed by atoms with E-state index in [-0.39, 0.29) is 49.4 Å². The minimum atomic E-state index is 0. The summed E-state index contributed by atoms with van der Waals surface area (Å²) in [5.41, 5.74) is 0. The second kappa shape index (κ2) is 5.68. The van der Waals surface area contributed by atoms with Gasteiger partial charge in [-0.2, -0.15) is 0 Å². The van der Waals surface area contributed by atoms with E-state index in [9.17, 15) is 0 Å². The van der Waals surface area contributed by atoms with Crippen LogP contribution in [0.25, 0.3) is 0 Å². The largest absolute Gasteiger partial charge is 3.00 e. The number of rotatable bonds is 0. The molecule has 0 radical (unpaired) electrons. The van der Waals surface area contributed by atoms with Crippen LogP contribution in [0.5, 0.6) is 0 Å². The number of hydrogen-bond donors (Lipinski definition) is 1. The van der Waals surface area contributed by atoms with E-state index in [4.69, 9.17) is 0 Å². The van der Waals surface area contributed by atoms with Crippen molar-refractivity contribution in [2.75, 3.05) is 13.1 Å². The molecule has 2 heteroatoms. The Morgan fingerprint density at radius 2 is 1.43 bits per heavy atom. The first-order valence-corrected chi connectivity index (χ1v) is 2.71. The van der Waals surface area contributed by atoms with Crippen LogP contribution >= 0.6 is 0 Å². The molecule has 1 saturated heterocycles. The first-order chi connectivity index (χ1) is 3.00. The van der Waals surface area contributed by atoms with Crippen molar-refractivity contribution in [2.45, 2.75) is 19.3 Å². The van der Waals surface area contributed by atoms with Crippen molar-refractivity contribution in [2.24, 2.45) is 0 Å². The molecule has 1 rings (SSSR count). The smallest absolute Gasteiger partial charge is 0.317 e. The minimum absolute atomic E-state index is 0. The van der Waals surface area contributed by atoms with Crippen LogP contribution in [0.4, 0.5) is 0 Å². The van der Waals surface area contributed by atoms with Gasteiger partial charge in [-0.3, -0.25) is 0 Å². The van der Waals surface area contributed by atoms with Gasteiger partial charge in [-0.05, 0) is 25.9 Å². The summed E-state index contributed by atoms with van der Waals surface area (Å²) >= 11 is 0. The molecule has 0 unspecified atom stereocenters.